The van der Waals surface area contributed by atoms with Gasteiger partial charge in [-0.15, -0.1) is 0 Å². The summed E-state index contributed by atoms with van der Waals surface area (Å²) < 4.78 is 31.3. The van der Waals surface area contributed by atoms with E-state index in [1.165, 1.54) is 4.31 Å². The molecule has 1 N–H and O–H groups in total. The fraction of sp³-hybridized carbons (Fsp3) is 0.571. The quantitative estimate of drug-likeness (QED) is 0.894. The second kappa shape index (κ2) is 6.45. The number of nitrogens with one attached hydrogen (secondary N) is 1. The molecular weight excluding hydrogens is 276 g/mol. The van der Waals surface area contributed by atoms with E-state index in [9.17, 15) is 8.42 Å². The van der Waals surface area contributed by atoms with Gasteiger partial charge >= 0.3 is 0 Å². The molecule has 0 bridgehead atoms. The van der Waals surface area contributed by atoms with Gasteiger partial charge < -0.3 is 10.1 Å². The smallest absolute Gasteiger partial charge is 0.235 e. The van der Waals surface area contributed by atoms with E-state index in [1.54, 1.807) is 38.4 Å². The lowest BCUT2D eigenvalue weighted by Crippen LogP contribution is -2.38. The van der Waals surface area contributed by atoms with E-state index in [-0.39, 0.29) is 11.7 Å². The molecule has 1 atom stereocenters. The van der Waals surface area contributed by atoms with Crippen LogP contribution in [0.4, 0.5) is 5.69 Å². The SMILES string of the molecule is COc1ccc(N(C)S(=O)(=O)CC2CCCNC2)cc1. The van der Waals surface area contributed by atoms with Crippen LogP contribution in [0, 0.1) is 5.92 Å². The highest BCUT2D eigenvalue weighted by Crippen LogP contribution is 2.22. The van der Waals surface area contributed by atoms with Gasteiger partial charge in [0.05, 0.1) is 18.6 Å². The highest BCUT2D eigenvalue weighted by Gasteiger charge is 2.25. The first-order chi connectivity index (χ1) is 9.53. The van der Waals surface area contributed by atoms with Crippen LogP contribution in [0.5, 0.6) is 5.75 Å². The summed E-state index contributed by atoms with van der Waals surface area (Å²) >= 11 is 0. The van der Waals surface area contributed by atoms with Crippen LogP contribution < -0.4 is 14.4 Å². The average Bonchev–Trinajstić information content (AvgIpc) is 2.47. The Hall–Kier alpha value is -1.27. The van der Waals surface area contributed by atoms with Crippen LogP contribution in [0.3, 0.4) is 0 Å². The number of rotatable bonds is 5. The molecular formula is C14H22N2O3S. The lowest BCUT2D eigenvalue weighted by Gasteiger charge is -2.26. The maximum Gasteiger partial charge on any atom is 0.235 e. The van der Waals surface area contributed by atoms with Crippen molar-refractivity contribution in [3.8, 4) is 5.75 Å². The first-order valence-electron chi connectivity index (χ1n) is 6.84. The molecule has 1 aliphatic heterocycles. The summed E-state index contributed by atoms with van der Waals surface area (Å²) in [5.74, 6) is 1.12. The van der Waals surface area contributed by atoms with Crippen molar-refractivity contribution in [2.24, 2.45) is 5.92 Å². The van der Waals surface area contributed by atoms with E-state index >= 15 is 0 Å². The highest BCUT2D eigenvalue weighted by molar-refractivity contribution is 7.92. The molecule has 1 saturated heterocycles. The van der Waals surface area contributed by atoms with Crippen LogP contribution >= 0.6 is 0 Å². The summed E-state index contributed by atoms with van der Waals surface area (Å²) in [7, 11) is -0.0866. The third-order valence-electron chi connectivity index (χ3n) is 3.70. The second-order valence-corrected chi connectivity index (χ2v) is 7.20. The molecule has 1 unspecified atom stereocenters. The summed E-state index contributed by atoms with van der Waals surface area (Å²) in [4.78, 5) is 0. The maximum absolute atomic E-state index is 12.4. The summed E-state index contributed by atoms with van der Waals surface area (Å²) in [6.07, 6.45) is 2.02. The second-order valence-electron chi connectivity index (χ2n) is 5.16. The monoisotopic (exact) mass is 298 g/mol. The minimum Gasteiger partial charge on any atom is -0.497 e. The van der Waals surface area contributed by atoms with E-state index in [0.717, 1.165) is 31.7 Å². The van der Waals surface area contributed by atoms with Gasteiger partial charge in [-0.3, -0.25) is 4.31 Å². The van der Waals surface area contributed by atoms with Gasteiger partial charge in [-0.25, -0.2) is 8.42 Å². The van der Waals surface area contributed by atoms with Crippen molar-refractivity contribution in [2.45, 2.75) is 12.8 Å². The Labute approximate surface area is 121 Å². The van der Waals surface area contributed by atoms with Gasteiger partial charge in [0.25, 0.3) is 0 Å². The molecule has 1 aliphatic rings. The minimum absolute atomic E-state index is 0.197. The molecule has 0 amide bonds. The molecule has 1 fully saturated rings. The molecule has 0 aromatic heterocycles. The Morgan fingerprint density at radius 1 is 1.35 bits per heavy atom. The molecule has 6 heteroatoms. The Kier molecular flexibility index (Phi) is 4.88. The number of methoxy groups -OCH3 is 1. The van der Waals surface area contributed by atoms with E-state index in [0.29, 0.717) is 5.69 Å². The van der Waals surface area contributed by atoms with E-state index in [2.05, 4.69) is 5.32 Å². The number of hydrogen-bond acceptors (Lipinski definition) is 4. The standard InChI is InChI=1S/C14H22N2O3S/c1-16(13-5-7-14(19-2)8-6-13)20(17,18)11-12-4-3-9-15-10-12/h5-8,12,15H,3-4,9-11H2,1-2H3. The molecule has 0 saturated carbocycles. The van der Waals surface area contributed by atoms with E-state index in [1.807, 2.05) is 0 Å². The van der Waals surface area contributed by atoms with Gasteiger partial charge in [-0.05, 0) is 56.1 Å². The third-order valence-corrected chi connectivity index (χ3v) is 5.64. The van der Waals surface area contributed by atoms with E-state index < -0.39 is 10.0 Å². The van der Waals surface area contributed by atoms with Gasteiger partial charge in [0.2, 0.25) is 10.0 Å². The minimum atomic E-state index is -3.28. The van der Waals surface area contributed by atoms with Crippen molar-refractivity contribution in [3.05, 3.63) is 24.3 Å². The summed E-state index contributed by atoms with van der Waals surface area (Å²) in [6, 6.07) is 7.05. The predicted octanol–water partition coefficient (Wildman–Crippen LogP) is 1.46. The Morgan fingerprint density at radius 3 is 2.60 bits per heavy atom. The summed E-state index contributed by atoms with van der Waals surface area (Å²) in [6.45, 7) is 1.78. The zero-order valence-electron chi connectivity index (χ0n) is 12.0. The predicted molar refractivity (Wildman–Crippen MR) is 80.8 cm³/mol. The van der Waals surface area contributed by atoms with Crippen LogP contribution in [-0.4, -0.2) is 41.4 Å². The normalized spacial score (nSPS) is 19.6. The van der Waals surface area contributed by atoms with Crippen molar-refractivity contribution in [3.63, 3.8) is 0 Å². The Morgan fingerprint density at radius 2 is 2.05 bits per heavy atom. The molecule has 1 heterocycles. The number of hydrogen-bond donors (Lipinski definition) is 1. The topological polar surface area (TPSA) is 58.6 Å². The molecule has 0 radical (unpaired) electrons. The fourth-order valence-electron chi connectivity index (χ4n) is 2.43. The highest BCUT2D eigenvalue weighted by atomic mass is 32.2. The van der Waals surface area contributed by atoms with Crippen molar-refractivity contribution in [1.29, 1.82) is 0 Å². The lowest BCUT2D eigenvalue weighted by molar-refractivity contribution is 0.404. The fourth-order valence-corrected chi connectivity index (χ4v) is 3.98. The van der Waals surface area contributed by atoms with Gasteiger partial charge in [0.15, 0.2) is 0 Å². The number of nitrogens with zero attached hydrogens (tertiary/aromatic N) is 1. The van der Waals surface area contributed by atoms with Crippen LogP contribution in [0.25, 0.3) is 0 Å². The maximum atomic E-state index is 12.4. The van der Waals surface area contributed by atoms with Crippen molar-refractivity contribution in [1.82, 2.24) is 5.32 Å². The number of piperidine rings is 1. The van der Waals surface area contributed by atoms with Gasteiger partial charge in [0.1, 0.15) is 5.75 Å². The Bertz CT molecular complexity index is 522. The summed E-state index contributed by atoms with van der Waals surface area (Å²) in [5.41, 5.74) is 0.662. The zero-order valence-corrected chi connectivity index (χ0v) is 12.8. The molecule has 20 heavy (non-hydrogen) atoms. The zero-order chi connectivity index (χ0) is 14.6. The average molecular weight is 298 g/mol. The van der Waals surface area contributed by atoms with Gasteiger partial charge in [-0.1, -0.05) is 0 Å². The number of anilines is 1. The molecule has 0 aliphatic carbocycles. The first-order valence-corrected chi connectivity index (χ1v) is 8.45. The van der Waals surface area contributed by atoms with Crippen LogP contribution in [0.1, 0.15) is 12.8 Å². The number of sulfonamides is 1. The first kappa shape index (κ1) is 15.1. The largest absolute Gasteiger partial charge is 0.497 e. The van der Waals surface area contributed by atoms with E-state index in [4.69, 9.17) is 4.74 Å². The van der Waals surface area contributed by atoms with Crippen LogP contribution in [-0.2, 0) is 10.0 Å². The number of benzene rings is 1. The Balaban J connectivity index is 2.06. The lowest BCUT2D eigenvalue weighted by atomic mass is 10.0. The molecule has 5 nitrogen and oxygen atoms in total. The van der Waals surface area contributed by atoms with Crippen LogP contribution in [0.15, 0.2) is 24.3 Å². The molecule has 0 spiro atoms. The number of ether oxygens (including phenoxy) is 1. The molecule has 1 aromatic carbocycles. The van der Waals surface area contributed by atoms with Gasteiger partial charge in [-0.2, -0.15) is 0 Å². The molecule has 1 aromatic rings. The van der Waals surface area contributed by atoms with Crippen molar-refractivity contribution in [2.75, 3.05) is 37.3 Å². The van der Waals surface area contributed by atoms with Crippen LogP contribution in [0.2, 0.25) is 0 Å². The molecule has 112 valence electrons. The van der Waals surface area contributed by atoms with Crippen molar-refractivity contribution >= 4 is 15.7 Å². The third kappa shape index (κ3) is 3.64. The summed E-state index contributed by atoms with van der Waals surface area (Å²) in [5, 5.41) is 3.25. The van der Waals surface area contributed by atoms with Gasteiger partial charge in [0, 0.05) is 7.05 Å². The van der Waals surface area contributed by atoms with Crippen molar-refractivity contribution < 1.29 is 13.2 Å². The molecule has 2 rings (SSSR count).